The van der Waals surface area contributed by atoms with Crippen molar-refractivity contribution in [3.8, 4) is 0 Å². The zero-order chi connectivity index (χ0) is 20.4. The van der Waals surface area contributed by atoms with E-state index in [0.29, 0.717) is 43.3 Å². The number of hydrogen-bond acceptors (Lipinski definition) is 4. The van der Waals surface area contributed by atoms with Crippen LogP contribution < -0.4 is 5.32 Å². The molecule has 0 aliphatic carbocycles. The van der Waals surface area contributed by atoms with Crippen molar-refractivity contribution in [2.24, 2.45) is 0 Å². The number of aryl methyl sites for hydroxylation is 1. The molecule has 0 spiro atoms. The topological polar surface area (TPSA) is 78.7 Å². The first-order valence-corrected chi connectivity index (χ1v) is 8.95. The largest absolute Gasteiger partial charge is 0.445 e. The molecule has 1 fully saturated rings. The highest BCUT2D eigenvalue weighted by molar-refractivity contribution is 5.92. The van der Waals surface area contributed by atoms with E-state index in [-0.39, 0.29) is 17.5 Å². The summed E-state index contributed by atoms with van der Waals surface area (Å²) in [4.78, 5) is 31.8. The van der Waals surface area contributed by atoms with Crippen molar-refractivity contribution in [3.63, 3.8) is 0 Å². The molecule has 0 atom stereocenters. The van der Waals surface area contributed by atoms with Crippen LogP contribution in [0, 0.1) is 18.6 Å². The number of piperidine rings is 1. The zero-order valence-corrected chi connectivity index (χ0v) is 16.0. The van der Waals surface area contributed by atoms with E-state index in [1.165, 1.54) is 4.90 Å². The van der Waals surface area contributed by atoms with Gasteiger partial charge in [0.2, 0.25) is 0 Å². The number of amides is 3. The minimum atomic E-state index is -0.753. The Kier molecular flexibility index (Phi) is 5.62. The van der Waals surface area contributed by atoms with Gasteiger partial charge in [-0.15, -0.1) is 0 Å². The molecule has 9 heteroatoms. The van der Waals surface area contributed by atoms with Crippen molar-refractivity contribution in [2.75, 3.05) is 32.5 Å². The monoisotopic (exact) mass is 392 g/mol. The van der Waals surface area contributed by atoms with Gasteiger partial charge in [0.15, 0.2) is 11.6 Å². The van der Waals surface area contributed by atoms with Gasteiger partial charge in [0, 0.05) is 44.9 Å². The summed E-state index contributed by atoms with van der Waals surface area (Å²) in [6.45, 7) is 2.58. The Bertz CT molecular complexity index is 869. The third kappa shape index (κ3) is 4.29. The lowest BCUT2D eigenvalue weighted by Gasteiger charge is -2.30. The van der Waals surface area contributed by atoms with Crippen molar-refractivity contribution in [2.45, 2.75) is 25.7 Å². The fourth-order valence-electron chi connectivity index (χ4n) is 3.16. The predicted molar refractivity (Wildman–Crippen MR) is 98.2 cm³/mol. The molecule has 28 heavy (non-hydrogen) atoms. The lowest BCUT2D eigenvalue weighted by Crippen LogP contribution is -2.40. The van der Waals surface area contributed by atoms with Crippen LogP contribution >= 0.6 is 0 Å². The van der Waals surface area contributed by atoms with Gasteiger partial charge < -0.3 is 19.5 Å². The summed E-state index contributed by atoms with van der Waals surface area (Å²) in [5.74, 6) is -0.755. The molecular weight excluding hydrogens is 370 g/mol. The zero-order valence-electron chi connectivity index (χ0n) is 16.0. The molecule has 1 aliphatic rings. The standard InChI is InChI=1S/C19H22F2N4O3/c1-11-16(18(26)24(2)3)23-17(28-11)12-4-6-25(7-5-12)19(27)22-15-9-13(20)8-14(21)10-15/h8-10,12H,4-7H2,1-3H3,(H,22,27). The molecule has 1 aliphatic heterocycles. The highest BCUT2D eigenvalue weighted by Gasteiger charge is 2.29. The summed E-state index contributed by atoms with van der Waals surface area (Å²) in [6, 6.07) is 2.45. The number of anilines is 1. The predicted octanol–water partition coefficient (Wildman–Crippen LogP) is 3.37. The number of nitrogens with zero attached hydrogens (tertiary/aromatic N) is 3. The molecule has 1 aromatic carbocycles. The average molecular weight is 392 g/mol. The van der Waals surface area contributed by atoms with Gasteiger partial charge in [-0.2, -0.15) is 0 Å². The average Bonchev–Trinajstić information content (AvgIpc) is 3.01. The minimum absolute atomic E-state index is 0.00178. The number of benzene rings is 1. The first kappa shape index (κ1) is 19.8. The summed E-state index contributed by atoms with van der Waals surface area (Å²) in [5.41, 5.74) is 0.369. The number of oxazole rings is 1. The molecule has 1 N–H and O–H groups in total. The molecule has 2 aromatic rings. The molecule has 1 aromatic heterocycles. The Morgan fingerprint density at radius 2 is 1.79 bits per heavy atom. The number of aromatic nitrogens is 1. The van der Waals surface area contributed by atoms with Gasteiger partial charge in [0.1, 0.15) is 17.4 Å². The smallest absolute Gasteiger partial charge is 0.321 e. The van der Waals surface area contributed by atoms with Gasteiger partial charge in [-0.05, 0) is 31.9 Å². The van der Waals surface area contributed by atoms with Crippen LogP contribution in [-0.4, -0.2) is 53.9 Å². The molecule has 0 radical (unpaired) electrons. The van der Waals surface area contributed by atoms with Crippen molar-refractivity contribution in [1.82, 2.24) is 14.8 Å². The van der Waals surface area contributed by atoms with E-state index in [4.69, 9.17) is 4.42 Å². The number of halogens is 2. The quantitative estimate of drug-likeness (QED) is 0.869. The molecule has 7 nitrogen and oxygen atoms in total. The Labute approximate surface area is 161 Å². The number of rotatable bonds is 3. The van der Waals surface area contributed by atoms with Crippen LogP contribution in [0.15, 0.2) is 22.6 Å². The first-order valence-electron chi connectivity index (χ1n) is 8.95. The Balaban J connectivity index is 1.60. The lowest BCUT2D eigenvalue weighted by atomic mass is 9.97. The number of likely N-dealkylation sites (tertiary alicyclic amines) is 1. The molecular formula is C19H22F2N4O3. The molecule has 3 rings (SSSR count). The molecule has 0 unspecified atom stereocenters. The number of urea groups is 1. The van der Waals surface area contributed by atoms with E-state index in [9.17, 15) is 18.4 Å². The third-order valence-electron chi connectivity index (χ3n) is 4.67. The van der Waals surface area contributed by atoms with Crippen LogP contribution in [0.25, 0.3) is 0 Å². The second kappa shape index (κ2) is 7.95. The summed E-state index contributed by atoms with van der Waals surface area (Å²) in [5, 5.41) is 2.51. The molecule has 150 valence electrons. The van der Waals surface area contributed by atoms with Gasteiger partial charge in [-0.3, -0.25) is 4.79 Å². The van der Waals surface area contributed by atoms with E-state index in [2.05, 4.69) is 10.3 Å². The highest BCUT2D eigenvalue weighted by atomic mass is 19.1. The van der Waals surface area contributed by atoms with Gasteiger partial charge >= 0.3 is 6.03 Å². The van der Waals surface area contributed by atoms with Crippen LogP contribution in [0.2, 0.25) is 0 Å². The van der Waals surface area contributed by atoms with Gasteiger partial charge in [0.05, 0.1) is 0 Å². The maximum absolute atomic E-state index is 13.3. The molecule has 0 saturated carbocycles. The molecule has 3 amide bonds. The second-order valence-electron chi connectivity index (χ2n) is 7.01. The third-order valence-corrected chi connectivity index (χ3v) is 4.67. The van der Waals surface area contributed by atoms with E-state index in [1.807, 2.05) is 0 Å². The molecule has 1 saturated heterocycles. The van der Waals surface area contributed by atoms with Crippen LogP contribution in [0.5, 0.6) is 0 Å². The molecule has 0 bridgehead atoms. The van der Waals surface area contributed by atoms with Crippen molar-refractivity contribution < 1.29 is 22.8 Å². The Morgan fingerprint density at radius 1 is 1.18 bits per heavy atom. The number of nitrogens with one attached hydrogen (secondary N) is 1. The van der Waals surface area contributed by atoms with E-state index < -0.39 is 17.7 Å². The van der Waals surface area contributed by atoms with Crippen molar-refractivity contribution in [3.05, 3.63) is 47.2 Å². The lowest BCUT2D eigenvalue weighted by molar-refractivity contribution is 0.0821. The fourth-order valence-corrected chi connectivity index (χ4v) is 3.16. The summed E-state index contributed by atoms with van der Waals surface area (Å²) in [6.07, 6.45) is 1.22. The Hall–Kier alpha value is -2.97. The van der Waals surface area contributed by atoms with E-state index >= 15 is 0 Å². The van der Waals surface area contributed by atoms with Crippen LogP contribution in [0.4, 0.5) is 19.3 Å². The fraction of sp³-hybridized carbons (Fsp3) is 0.421. The van der Waals surface area contributed by atoms with Gasteiger partial charge in [-0.1, -0.05) is 0 Å². The van der Waals surface area contributed by atoms with Crippen LogP contribution in [0.3, 0.4) is 0 Å². The van der Waals surface area contributed by atoms with E-state index in [1.54, 1.807) is 25.9 Å². The van der Waals surface area contributed by atoms with E-state index in [0.717, 1.165) is 18.2 Å². The van der Waals surface area contributed by atoms with Crippen molar-refractivity contribution >= 4 is 17.6 Å². The summed E-state index contributed by atoms with van der Waals surface area (Å²) >= 11 is 0. The number of carbonyl (C=O) groups excluding carboxylic acids is 2. The summed E-state index contributed by atoms with van der Waals surface area (Å²) < 4.78 is 32.2. The second-order valence-corrected chi connectivity index (χ2v) is 7.01. The normalized spacial score (nSPS) is 14.8. The minimum Gasteiger partial charge on any atom is -0.445 e. The highest BCUT2D eigenvalue weighted by Crippen LogP contribution is 2.29. The number of hydrogen-bond donors (Lipinski definition) is 1. The SMILES string of the molecule is Cc1oc(C2CCN(C(=O)Nc3cc(F)cc(F)c3)CC2)nc1C(=O)N(C)C. The van der Waals surface area contributed by atoms with Crippen LogP contribution in [-0.2, 0) is 0 Å². The van der Waals surface area contributed by atoms with Gasteiger partial charge in [-0.25, -0.2) is 18.6 Å². The maximum atomic E-state index is 13.3. The first-order chi connectivity index (χ1) is 13.2. The maximum Gasteiger partial charge on any atom is 0.321 e. The Morgan fingerprint density at radius 3 is 2.36 bits per heavy atom. The number of carbonyl (C=O) groups is 2. The molecule has 2 heterocycles. The van der Waals surface area contributed by atoms with Crippen molar-refractivity contribution in [1.29, 1.82) is 0 Å². The van der Waals surface area contributed by atoms with Gasteiger partial charge in [0.25, 0.3) is 5.91 Å². The summed E-state index contributed by atoms with van der Waals surface area (Å²) in [7, 11) is 3.30. The van der Waals surface area contributed by atoms with Crippen LogP contribution in [0.1, 0.15) is 40.9 Å².